The van der Waals surface area contributed by atoms with Gasteiger partial charge in [-0.15, -0.1) is 24.8 Å². The van der Waals surface area contributed by atoms with E-state index in [1.807, 2.05) is 24.0 Å². The molecule has 136 valence electrons. The molecule has 1 amide bonds. The number of aromatic nitrogens is 1. The summed E-state index contributed by atoms with van der Waals surface area (Å²) in [6.45, 7) is 6.39. The third-order valence-electron chi connectivity index (χ3n) is 4.49. The molecule has 1 aliphatic rings. The number of amides is 1. The molecule has 25 heavy (non-hydrogen) atoms. The van der Waals surface area contributed by atoms with Crippen molar-refractivity contribution in [2.24, 2.45) is 0 Å². The molecule has 0 bridgehead atoms. The molecule has 6 heteroatoms. The van der Waals surface area contributed by atoms with Crippen molar-refractivity contribution >= 4 is 30.7 Å². The Hall–Kier alpha value is -1.62. The van der Waals surface area contributed by atoms with Crippen LogP contribution in [0, 0.1) is 6.92 Å². The predicted molar refractivity (Wildman–Crippen MR) is 106 cm³/mol. The second-order valence-electron chi connectivity index (χ2n) is 5.98. The van der Waals surface area contributed by atoms with Crippen molar-refractivity contribution in [3.63, 3.8) is 0 Å². The maximum absolute atomic E-state index is 13.0. The van der Waals surface area contributed by atoms with Gasteiger partial charge in [-0.3, -0.25) is 9.78 Å². The maximum Gasteiger partial charge on any atom is 0.273 e. The number of nitrogens with zero attached hydrogens (tertiary/aromatic N) is 2. The van der Waals surface area contributed by atoms with Crippen LogP contribution in [0.1, 0.15) is 40.1 Å². The van der Waals surface area contributed by atoms with Gasteiger partial charge >= 0.3 is 0 Å². The first-order valence-electron chi connectivity index (χ1n) is 8.23. The highest BCUT2D eigenvalue weighted by Crippen LogP contribution is 2.25. The van der Waals surface area contributed by atoms with Crippen LogP contribution in [-0.4, -0.2) is 35.4 Å². The molecule has 1 N–H and O–H groups in total. The summed E-state index contributed by atoms with van der Waals surface area (Å²) >= 11 is 0. The maximum atomic E-state index is 13.0. The molecule has 1 saturated heterocycles. The molecular weight excluding hydrogens is 357 g/mol. The van der Waals surface area contributed by atoms with Gasteiger partial charge in [0.25, 0.3) is 5.91 Å². The minimum atomic E-state index is 0. The first-order chi connectivity index (χ1) is 11.2. The van der Waals surface area contributed by atoms with Gasteiger partial charge in [0.2, 0.25) is 0 Å². The van der Waals surface area contributed by atoms with Crippen LogP contribution < -0.4 is 5.32 Å². The number of carbonyl (C=O) groups is 1. The summed E-state index contributed by atoms with van der Waals surface area (Å²) in [4.78, 5) is 19.2. The van der Waals surface area contributed by atoms with Gasteiger partial charge < -0.3 is 10.2 Å². The molecule has 2 heterocycles. The normalized spacial score (nSPS) is 16.6. The van der Waals surface area contributed by atoms with Gasteiger partial charge in [0, 0.05) is 25.8 Å². The zero-order valence-corrected chi connectivity index (χ0v) is 16.2. The summed E-state index contributed by atoms with van der Waals surface area (Å²) in [6.07, 6.45) is 2.71. The molecule has 1 unspecified atom stereocenters. The lowest BCUT2D eigenvalue weighted by Gasteiger charge is -2.36. The third-order valence-corrected chi connectivity index (χ3v) is 4.49. The Kier molecular flexibility index (Phi) is 8.36. The minimum Gasteiger partial charge on any atom is -0.328 e. The average molecular weight is 382 g/mol. The summed E-state index contributed by atoms with van der Waals surface area (Å²) in [5.74, 6) is 0.0224. The van der Waals surface area contributed by atoms with Crippen LogP contribution in [0.4, 0.5) is 0 Å². The van der Waals surface area contributed by atoms with E-state index in [4.69, 9.17) is 0 Å². The lowest BCUT2D eigenvalue weighted by Crippen LogP contribution is -2.49. The molecule has 1 aliphatic heterocycles. The summed E-state index contributed by atoms with van der Waals surface area (Å²) in [6, 6.07) is 12.4. The SMILES string of the molecule is CCc1ccc(C2CNCCN2C(=O)c2ncccc2C)cc1.Cl.Cl. The highest BCUT2D eigenvalue weighted by Gasteiger charge is 2.29. The Balaban J connectivity index is 0.00000156. The van der Waals surface area contributed by atoms with Crippen LogP contribution in [0.5, 0.6) is 0 Å². The first kappa shape index (κ1) is 21.4. The topological polar surface area (TPSA) is 45.2 Å². The van der Waals surface area contributed by atoms with Gasteiger partial charge in [0.1, 0.15) is 5.69 Å². The van der Waals surface area contributed by atoms with Gasteiger partial charge in [-0.2, -0.15) is 0 Å². The molecule has 0 saturated carbocycles. The summed E-state index contributed by atoms with van der Waals surface area (Å²) < 4.78 is 0. The van der Waals surface area contributed by atoms with Crippen molar-refractivity contribution in [2.45, 2.75) is 26.3 Å². The van der Waals surface area contributed by atoms with Crippen molar-refractivity contribution in [1.29, 1.82) is 0 Å². The predicted octanol–water partition coefficient (Wildman–Crippen LogP) is 3.58. The van der Waals surface area contributed by atoms with Crippen molar-refractivity contribution in [2.75, 3.05) is 19.6 Å². The lowest BCUT2D eigenvalue weighted by atomic mass is 10.00. The molecule has 1 fully saturated rings. The number of nitrogens with one attached hydrogen (secondary N) is 1. The summed E-state index contributed by atoms with van der Waals surface area (Å²) in [5, 5.41) is 3.40. The average Bonchev–Trinajstić information content (AvgIpc) is 2.62. The van der Waals surface area contributed by atoms with Gasteiger partial charge in [-0.05, 0) is 36.1 Å². The standard InChI is InChI=1S/C19H23N3O.2ClH/c1-3-15-6-8-16(9-7-15)17-13-20-11-12-22(17)19(23)18-14(2)5-4-10-21-18;;/h4-10,17,20H,3,11-13H2,1-2H3;2*1H. The number of carbonyl (C=O) groups excluding carboxylic acids is 1. The first-order valence-corrected chi connectivity index (χ1v) is 8.23. The molecule has 0 spiro atoms. The fraction of sp³-hybridized carbons (Fsp3) is 0.368. The summed E-state index contributed by atoms with van der Waals surface area (Å²) in [7, 11) is 0. The van der Waals surface area contributed by atoms with Crippen molar-refractivity contribution in [3.05, 3.63) is 65.0 Å². The Bertz CT molecular complexity index is 691. The number of hydrogen-bond donors (Lipinski definition) is 1. The number of rotatable bonds is 3. The van der Waals surface area contributed by atoms with E-state index in [2.05, 4.69) is 41.5 Å². The van der Waals surface area contributed by atoms with Crippen LogP contribution >= 0.6 is 24.8 Å². The highest BCUT2D eigenvalue weighted by atomic mass is 35.5. The molecule has 3 rings (SSSR count). The second-order valence-corrected chi connectivity index (χ2v) is 5.98. The van der Waals surface area contributed by atoms with E-state index in [1.54, 1.807) is 6.20 Å². The van der Waals surface area contributed by atoms with Gasteiger partial charge in [-0.25, -0.2) is 0 Å². The monoisotopic (exact) mass is 381 g/mol. The Morgan fingerprint density at radius 3 is 2.60 bits per heavy atom. The van der Waals surface area contributed by atoms with E-state index in [0.717, 1.165) is 25.1 Å². The van der Waals surface area contributed by atoms with E-state index in [0.29, 0.717) is 12.2 Å². The molecule has 2 aromatic rings. The van der Waals surface area contributed by atoms with E-state index in [-0.39, 0.29) is 36.8 Å². The number of hydrogen-bond acceptors (Lipinski definition) is 3. The van der Waals surface area contributed by atoms with Crippen LogP contribution in [0.2, 0.25) is 0 Å². The summed E-state index contributed by atoms with van der Waals surface area (Å²) in [5.41, 5.74) is 3.98. The van der Waals surface area contributed by atoms with Crippen LogP contribution in [0.15, 0.2) is 42.6 Å². The zero-order chi connectivity index (χ0) is 16.2. The van der Waals surface area contributed by atoms with E-state index >= 15 is 0 Å². The second kappa shape index (κ2) is 9.76. The minimum absolute atomic E-state index is 0. The number of aryl methyl sites for hydroxylation is 2. The van der Waals surface area contributed by atoms with Crippen LogP contribution in [-0.2, 0) is 6.42 Å². The zero-order valence-electron chi connectivity index (χ0n) is 14.6. The molecule has 4 nitrogen and oxygen atoms in total. The highest BCUT2D eigenvalue weighted by molar-refractivity contribution is 5.94. The largest absolute Gasteiger partial charge is 0.328 e. The van der Waals surface area contributed by atoms with E-state index in [9.17, 15) is 4.79 Å². The van der Waals surface area contributed by atoms with Crippen molar-refractivity contribution in [1.82, 2.24) is 15.2 Å². The molecular formula is C19H25Cl2N3O. The van der Waals surface area contributed by atoms with Crippen LogP contribution in [0.25, 0.3) is 0 Å². The Labute approximate surface area is 161 Å². The molecule has 1 atom stereocenters. The number of pyridine rings is 1. The fourth-order valence-corrected chi connectivity index (χ4v) is 3.07. The van der Waals surface area contributed by atoms with E-state index in [1.165, 1.54) is 11.1 Å². The van der Waals surface area contributed by atoms with Gasteiger partial charge in [0.15, 0.2) is 0 Å². The Morgan fingerprint density at radius 1 is 1.24 bits per heavy atom. The quantitative estimate of drug-likeness (QED) is 0.883. The smallest absolute Gasteiger partial charge is 0.273 e. The molecule has 1 aromatic carbocycles. The van der Waals surface area contributed by atoms with Gasteiger partial charge in [0.05, 0.1) is 6.04 Å². The fourth-order valence-electron chi connectivity index (χ4n) is 3.07. The van der Waals surface area contributed by atoms with E-state index < -0.39 is 0 Å². The van der Waals surface area contributed by atoms with Crippen LogP contribution in [0.3, 0.4) is 0 Å². The number of piperazine rings is 1. The number of benzene rings is 1. The lowest BCUT2D eigenvalue weighted by molar-refractivity contribution is 0.0627. The molecule has 0 aliphatic carbocycles. The number of halogens is 2. The third kappa shape index (κ3) is 4.72. The van der Waals surface area contributed by atoms with Crippen molar-refractivity contribution in [3.8, 4) is 0 Å². The van der Waals surface area contributed by atoms with Crippen molar-refractivity contribution < 1.29 is 4.79 Å². The molecule has 0 radical (unpaired) electrons. The molecule has 1 aromatic heterocycles. The van der Waals surface area contributed by atoms with Gasteiger partial charge in [-0.1, -0.05) is 37.3 Å². The Morgan fingerprint density at radius 2 is 1.96 bits per heavy atom.